The third-order valence-corrected chi connectivity index (χ3v) is 16.0. The average Bonchev–Trinajstić information content (AvgIpc) is 3.71. The minimum Gasteiger partial charge on any atom is -0.459 e. The quantitative estimate of drug-likeness (QED) is 0.133. The topological polar surface area (TPSA) is 136 Å². The van der Waals surface area contributed by atoms with Crippen LogP contribution in [0.1, 0.15) is 71.3 Å². The van der Waals surface area contributed by atoms with E-state index in [2.05, 4.69) is 52.0 Å². The molecule has 2 saturated heterocycles. The van der Waals surface area contributed by atoms with E-state index in [1.807, 2.05) is 48.5 Å². The Morgan fingerprint density at radius 1 is 0.981 bits per heavy atom. The van der Waals surface area contributed by atoms with Gasteiger partial charge in [0.1, 0.15) is 18.1 Å². The van der Waals surface area contributed by atoms with Crippen LogP contribution in [0.5, 0.6) is 0 Å². The monoisotopic (exact) mass is 739 g/mol. The van der Waals surface area contributed by atoms with Crippen LogP contribution in [0.15, 0.2) is 93.9 Å². The van der Waals surface area contributed by atoms with Gasteiger partial charge in [0.25, 0.3) is 8.32 Å². The summed E-state index contributed by atoms with van der Waals surface area (Å²) >= 11 is 0. The van der Waals surface area contributed by atoms with E-state index in [0.29, 0.717) is 29.3 Å². The number of aliphatic hydroxyl groups excluding tert-OH is 1. The molecule has 2 N–H and O–H groups in total. The van der Waals surface area contributed by atoms with Crippen LogP contribution >= 0.6 is 0 Å². The first-order valence-electron chi connectivity index (χ1n) is 18.6. The Morgan fingerprint density at radius 3 is 2.21 bits per heavy atom. The molecule has 0 bridgehead atoms. The van der Waals surface area contributed by atoms with Crippen molar-refractivity contribution in [3.63, 3.8) is 0 Å². The van der Waals surface area contributed by atoms with Gasteiger partial charge >= 0.3 is 13.2 Å². The normalized spacial score (nSPS) is 22.3. The number of amides is 3. The Kier molecular flexibility index (Phi) is 11.8. The zero-order valence-electron chi connectivity index (χ0n) is 31.2. The fraction of sp³-hybridized carbons (Fsp3) is 0.439. The molecular formula is C41H50BNO9Si. The molecular weight excluding hydrogens is 689 g/mol. The average molecular weight is 740 g/mol. The number of methoxy groups -OCH3 is 1. The first kappa shape index (κ1) is 38.6. The lowest BCUT2D eigenvalue weighted by molar-refractivity contribution is -0.137. The van der Waals surface area contributed by atoms with E-state index in [4.69, 9.17) is 18.2 Å². The maximum Gasteiger partial charge on any atom is 0.455 e. The molecule has 53 heavy (non-hydrogen) atoms. The molecule has 6 rings (SSSR count). The highest BCUT2D eigenvalue weighted by Gasteiger charge is 2.59. The van der Waals surface area contributed by atoms with Crippen LogP contribution in [-0.2, 0) is 30.0 Å². The molecule has 0 spiro atoms. The summed E-state index contributed by atoms with van der Waals surface area (Å²) in [5, 5.41) is 22.6. The first-order chi connectivity index (χ1) is 25.4. The van der Waals surface area contributed by atoms with E-state index in [1.54, 1.807) is 6.07 Å². The molecule has 2 aromatic carbocycles. The van der Waals surface area contributed by atoms with E-state index < -0.39 is 57.2 Å². The fourth-order valence-electron chi connectivity index (χ4n) is 8.79. The first-order valence-corrected chi connectivity index (χ1v) is 20.5. The van der Waals surface area contributed by atoms with Crippen LogP contribution in [0.2, 0.25) is 11.4 Å². The van der Waals surface area contributed by atoms with Crippen molar-refractivity contribution in [3.05, 3.63) is 101 Å². The van der Waals surface area contributed by atoms with Gasteiger partial charge in [0, 0.05) is 0 Å². The van der Waals surface area contributed by atoms with Gasteiger partial charge in [-0.2, -0.15) is 4.90 Å². The number of fused-ring (bicyclic) bond motifs is 3. The summed E-state index contributed by atoms with van der Waals surface area (Å²) in [6.07, 6.45) is 3.59. The van der Waals surface area contributed by atoms with Crippen molar-refractivity contribution in [1.29, 1.82) is 0 Å². The predicted molar refractivity (Wildman–Crippen MR) is 204 cm³/mol. The smallest absolute Gasteiger partial charge is 0.455 e. The molecule has 3 aromatic rings. The third kappa shape index (κ3) is 7.52. The standard InChI is InChI=1S/C41H50BNO9Si/c1-6-13-27(22-29-19-20-30(25-44)51-29)18-21-35-36-28(23-33-37(34(36)24-42(48)52-35)39(46)43(38(33)45)40(47)49-5)26-50-53(41(2,3)4,31-14-9-7-10-15-31)32-16-11-8-12-17-32/h7-12,14-17,19-20,22,33-35,37,44,48H,6,13,18,21,23-26H2,1-5H3/b27-22+/t33-,34+,35-,37-/m1/s1. The van der Waals surface area contributed by atoms with E-state index >= 15 is 0 Å². The molecule has 3 amide bonds. The van der Waals surface area contributed by atoms with Gasteiger partial charge in [-0.25, -0.2) is 4.79 Å². The van der Waals surface area contributed by atoms with Crippen molar-refractivity contribution in [2.45, 2.75) is 83.9 Å². The molecule has 3 heterocycles. The van der Waals surface area contributed by atoms with E-state index in [9.17, 15) is 24.5 Å². The number of likely N-dealkylation sites (tertiary alicyclic amines) is 1. The number of allylic oxidation sites excluding steroid dienone is 1. The van der Waals surface area contributed by atoms with E-state index in [0.717, 1.165) is 47.0 Å². The van der Waals surface area contributed by atoms with Gasteiger partial charge in [-0.15, -0.1) is 0 Å². The highest BCUT2D eigenvalue weighted by atomic mass is 28.4. The molecule has 1 aliphatic carbocycles. The lowest BCUT2D eigenvalue weighted by atomic mass is 9.58. The maximum absolute atomic E-state index is 13.9. The van der Waals surface area contributed by atoms with Crippen molar-refractivity contribution in [2.75, 3.05) is 13.7 Å². The zero-order chi connectivity index (χ0) is 37.9. The molecule has 12 heteroatoms. The van der Waals surface area contributed by atoms with Crippen molar-refractivity contribution in [2.24, 2.45) is 17.8 Å². The van der Waals surface area contributed by atoms with Gasteiger partial charge in [0.05, 0.1) is 31.7 Å². The van der Waals surface area contributed by atoms with Crippen molar-refractivity contribution in [3.8, 4) is 0 Å². The molecule has 280 valence electrons. The highest BCUT2D eigenvalue weighted by Crippen LogP contribution is 2.51. The van der Waals surface area contributed by atoms with Crippen LogP contribution in [-0.4, -0.2) is 68.2 Å². The molecule has 4 atom stereocenters. The fourth-order valence-corrected chi connectivity index (χ4v) is 13.3. The number of carbonyl (C=O) groups is 3. The molecule has 0 radical (unpaired) electrons. The van der Waals surface area contributed by atoms with E-state index in [1.165, 1.54) is 0 Å². The summed E-state index contributed by atoms with van der Waals surface area (Å²) in [5.41, 5.74) is 2.86. The minimum absolute atomic E-state index is 0.109. The molecule has 2 aliphatic heterocycles. The van der Waals surface area contributed by atoms with Gasteiger partial charge in [-0.3, -0.25) is 9.59 Å². The molecule has 10 nitrogen and oxygen atoms in total. The lowest BCUT2D eigenvalue weighted by Crippen LogP contribution is -2.66. The number of imide groups is 3. The van der Waals surface area contributed by atoms with Gasteiger partial charge < -0.3 is 28.4 Å². The predicted octanol–water partition coefficient (Wildman–Crippen LogP) is 5.88. The van der Waals surface area contributed by atoms with Gasteiger partial charge in [0.15, 0.2) is 0 Å². The Bertz CT molecular complexity index is 1810. The summed E-state index contributed by atoms with van der Waals surface area (Å²) < 4.78 is 24.4. The van der Waals surface area contributed by atoms with E-state index in [-0.39, 0.29) is 31.0 Å². The van der Waals surface area contributed by atoms with Crippen LogP contribution in [0.3, 0.4) is 0 Å². The number of furan rings is 1. The molecule has 0 saturated carbocycles. The van der Waals surface area contributed by atoms with Crippen molar-refractivity contribution >= 4 is 49.8 Å². The number of nitrogens with zero attached hydrogens (tertiary/aromatic N) is 1. The zero-order valence-corrected chi connectivity index (χ0v) is 32.2. The number of hydrogen-bond acceptors (Lipinski definition) is 9. The number of aliphatic hydroxyl groups is 1. The Balaban J connectivity index is 1.43. The van der Waals surface area contributed by atoms with Crippen molar-refractivity contribution in [1.82, 2.24) is 4.90 Å². The lowest BCUT2D eigenvalue weighted by Gasteiger charge is -2.46. The Labute approximate surface area is 313 Å². The van der Waals surface area contributed by atoms with Crippen LogP contribution in [0.4, 0.5) is 4.79 Å². The Morgan fingerprint density at radius 2 is 1.64 bits per heavy atom. The number of ether oxygens (including phenoxy) is 1. The number of benzene rings is 2. The molecule has 3 aliphatic rings. The van der Waals surface area contributed by atoms with Gasteiger partial charge in [-0.1, -0.05) is 100 Å². The summed E-state index contributed by atoms with van der Waals surface area (Å²) in [6, 6.07) is 24.2. The largest absolute Gasteiger partial charge is 0.459 e. The highest BCUT2D eigenvalue weighted by molar-refractivity contribution is 6.99. The number of hydrogen-bond donors (Lipinski definition) is 2. The van der Waals surface area contributed by atoms with Crippen LogP contribution in [0, 0.1) is 17.8 Å². The molecule has 2 fully saturated rings. The maximum atomic E-state index is 13.9. The van der Waals surface area contributed by atoms with Crippen LogP contribution in [0.25, 0.3) is 6.08 Å². The van der Waals surface area contributed by atoms with Gasteiger partial charge in [0.2, 0.25) is 11.8 Å². The summed E-state index contributed by atoms with van der Waals surface area (Å²) in [6.45, 7) is 8.72. The Hall–Kier alpha value is -4.07. The van der Waals surface area contributed by atoms with Crippen LogP contribution < -0.4 is 10.4 Å². The number of rotatable bonds is 12. The summed E-state index contributed by atoms with van der Waals surface area (Å²) in [7, 11) is -3.03. The minimum atomic E-state index is -3.02. The molecule has 1 aromatic heterocycles. The second-order valence-corrected chi connectivity index (χ2v) is 19.6. The van der Waals surface area contributed by atoms with Crippen molar-refractivity contribution < 1.29 is 42.7 Å². The SMILES string of the molecule is CCC/C(=C\c1ccc(CO)o1)CC[C@H]1OB(O)C[C@H]2C1=C(CO[Si](c1ccccc1)(c1ccccc1)C(C)(C)C)C[C@H]1C(=O)N(C(=O)OC)C(=O)[C@H]12. The third-order valence-electron chi connectivity index (χ3n) is 11.0. The number of carbonyl (C=O) groups excluding carboxylic acids is 3. The molecule has 0 unspecified atom stereocenters. The summed E-state index contributed by atoms with van der Waals surface area (Å²) in [4.78, 5) is 41.2. The van der Waals surface area contributed by atoms with Gasteiger partial charge in [-0.05, 0) is 82.7 Å². The summed E-state index contributed by atoms with van der Waals surface area (Å²) in [5.74, 6) is -2.22. The second kappa shape index (κ2) is 16.1. The second-order valence-electron chi connectivity index (χ2n) is 15.3.